The van der Waals surface area contributed by atoms with Crippen LogP contribution in [0.2, 0.25) is 0 Å². The zero-order chi connectivity index (χ0) is 19.2. The summed E-state index contributed by atoms with van der Waals surface area (Å²) in [4.78, 5) is 12.0. The van der Waals surface area contributed by atoms with Crippen LogP contribution < -0.4 is 9.47 Å². The second-order valence-electron chi connectivity index (χ2n) is 5.00. The Kier molecular flexibility index (Phi) is 6.35. The Morgan fingerprint density at radius 2 is 1.73 bits per heavy atom. The average Bonchev–Trinajstić information content (AvgIpc) is 2.59. The highest BCUT2D eigenvalue weighted by molar-refractivity contribution is 5.91. The third-order valence-corrected chi connectivity index (χ3v) is 3.08. The molecular formula is C18H14F4O4. The second kappa shape index (κ2) is 8.48. The summed E-state index contributed by atoms with van der Waals surface area (Å²) in [5.41, 5.74) is -0.479. The molecule has 26 heavy (non-hydrogen) atoms. The fourth-order valence-electron chi connectivity index (χ4n) is 1.88. The third-order valence-electron chi connectivity index (χ3n) is 3.08. The first-order chi connectivity index (χ1) is 12.3. The Labute approximate surface area is 146 Å². The monoisotopic (exact) mass is 370 g/mol. The number of carbonyl (C=O) groups is 1. The molecule has 0 amide bonds. The molecule has 0 bridgehead atoms. The van der Waals surface area contributed by atoms with E-state index in [1.54, 1.807) is 18.2 Å². The molecule has 0 aliphatic rings. The van der Waals surface area contributed by atoms with Crippen molar-refractivity contribution < 1.29 is 36.6 Å². The molecule has 0 fully saturated rings. The van der Waals surface area contributed by atoms with Gasteiger partial charge in [0.2, 0.25) is 0 Å². The van der Waals surface area contributed by atoms with Crippen molar-refractivity contribution in [2.24, 2.45) is 0 Å². The molecule has 2 aromatic rings. The Morgan fingerprint density at radius 1 is 1.08 bits per heavy atom. The van der Waals surface area contributed by atoms with E-state index < -0.39 is 24.8 Å². The molecule has 0 aromatic heterocycles. The van der Waals surface area contributed by atoms with Crippen LogP contribution in [0.25, 0.3) is 0 Å². The van der Waals surface area contributed by atoms with Crippen molar-refractivity contribution in [1.29, 1.82) is 0 Å². The Bertz CT molecular complexity index is 770. The van der Waals surface area contributed by atoms with E-state index in [9.17, 15) is 22.4 Å². The minimum Gasteiger partial charge on any atom is -0.490 e. The van der Waals surface area contributed by atoms with Crippen LogP contribution in [0.1, 0.15) is 15.9 Å². The quantitative estimate of drug-likeness (QED) is 0.308. The first-order valence-electron chi connectivity index (χ1n) is 7.33. The van der Waals surface area contributed by atoms with Gasteiger partial charge in [0.25, 0.3) is 0 Å². The third kappa shape index (κ3) is 5.89. The van der Waals surface area contributed by atoms with Crippen LogP contribution in [0.3, 0.4) is 0 Å². The minimum atomic E-state index is -4.87. The Hall–Kier alpha value is -2.87. The van der Waals surface area contributed by atoms with E-state index in [4.69, 9.17) is 9.47 Å². The van der Waals surface area contributed by atoms with Crippen LogP contribution in [-0.4, -0.2) is 18.9 Å². The minimum absolute atomic E-state index is 0.148. The maximum atomic E-state index is 13.8. The van der Waals surface area contributed by atoms with Crippen molar-refractivity contribution in [3.8, 4) is 11.5 Å². The molecule has 4 nitrogen and oxygen atoms in total. The fourth-order valence-corrected chi connectivity index (χ4v) is 1.88. The van der Waals surface area contributed by atoms with Crippen LogP contribution in [0.15, 0.2) is 55.1 Å². The number of ether oxygens (including phenoxy) is 3. The summed E-state index contributed by atoms with van der Waals surface area (Å²) in [6, 6.07) is 9.09. The maximum Gasteiger partial charge on any atom is 0.522 e. The number of alkyl halides is 3. The van der Waals surface area contributed by atoms with E-state index >= 15 is 0 Å². The van der Waals surface area contributed by atoms with Gasteiger partial charge in [-0.1, -0.05) is 18.7 Å². The predicted octanol–water partition coefficient (Wildman–Crippen LogP) is 4.65. The van der Waals surface area contributed by atoms with Gasteiger partial charge >= 0.3 is 12.3 Å². The molecule has 0 saturated carbocycles. The zero-order valence-corrected chi connectivity index (χ0v) is 13.4. The normalized spacial score (nSPS) is 11.1. The van der Waals surface area contributed by atoms with Crippen LogP contribution in [0.4, 0.5) is 17.6 Å². The van der Waals surface area contributed by atoms with E-state index in [1.165, 1.54) is 12.1 Å². The molecule has 0 heterocycles. The van der Waals surface area contributed by atoms with E-state index in [0.29, 0.717) is 12.4 Å². The fraction of sp³-hybridized carbons (Fsp3) is 0.167. The molecule has 8 heteroatoms. The van der Waals surface area contributed by atoms with E-state index in [0.717, 1.165) is 18.2 Å². The number of benzene rings is 2. The summed E-state index contributed by atoms with van der Waals surface area (Å²) < 4.78 is 63.7. The van der Waals surface area contributed by atoms with Gasteiger partial charge in [-0.25, -0.2) is 9.18 Å². The largest absolute Gasteiger partial charge is 0.522 e. The number of hydrogen-bond donors (Lipinski definition) is 0. The van der Waals surface area contributed by atoms with Crippen LogP contribution in [0, 0.1) is 5.82 Å². The summed E-state index contributed by atoms with van der Waals surface area (Å²) >= 11 is 0. The molecule has 0 atom stereocenters. The second-order valence-corrected chi connectivity index (χ2v) is 5.00. The zero-order valence-electron chi connectivity index (χ0n) is 13.4. The number of esters is 1. The average molecular weight is 370 g/mol. The number of rotatable bonds is 7. The lowest BCUT2D eigenvalue weighted by atomic mass is 10.1. The molecule has 0 aliphatic heterocycles. The molecule has 0 unspecified atom stereocenters. The molecule has 2 rings (SSSR count). The van der Waals surface area contributed by atoms with Gasteiger partial charge in [0, 0.05) is 5.56 Å². The van der Waals surface area contributed by atoms with Gasteiger partial charge in [0.15, 0.2) is 0 Å². The predicted molar refractivity (Wildman–Crippen MR) is 84.3 cm³/mol. The maximum absolute atomic E-state index is 13.8. The standard InChI is InChI=1S/C18H14F4O4/c1-2-9-24-14-5-7-15(8-6-14)26-17(23)12-3-4-13(16(19)10-12)11-25-18(20,21)22/h2-8,10H,1,9,11H2. The molecule has 0 radical (unpaired) electrons. The van der Waals surface area contributed by atoms with Gasteiger partial charge in [-0.3, -0.25) is 4.74 Å². The molecule has 0 spiro atoms. The summed E-state index contributed by atoms with van der Waals surface area (Å²) in [5, 5.41) is 0. The smallest absolute Gasteiger partial charge is 0.490 e. The number of carbonyl (C=O) groups excluding carboxylic acids is 1. The first kappa shape index (κ1) is 19.5. The van der Waals surface area contributed by atoms with E-state index in [2.05, 4.69) is 11.3 Å². The lowest BCUT2D eigenvalue weighted by Crippen LogP contribution is -2.14. The van der Waals surface area contributed by atoms with Gasteiger partial charge in [-0.2, -0.15) is 0 Å². The summed E-state index contributed by atoms with van der Waals surface area (Å²) in [6.45, 7) is 2.85. The van der Waals surface area contributed by atoms with Crippen LogP contribution >= 0.6 is 0 Å². The van der Waals surface area contributed by atoms with Crippen molar-refractivity contribution in [2.45, 2.75) is 13.0 Å². The highest BCUT2D eigenvalue weighted by Gasteiger charge is 2.29. The molecule has 0 aliphatic carbocycles. The van der Waals surface area contributed by atoms with Crippen molar-refractivity contribution >= 4 is 5.97 Å². The Balaban J connectivity index is 2.00. The topological polar surface area (TPSA) is 44.8 Å². The highest BCUT2D eigenvalue weighted by atomic mass is 19.4. The highest BCUT2D eigenvalue weighted by Crippen LogP contribution is 2.22. The Morgan fingerprint density at radius 3 is 2.31 bits per heavy atom. The van der Waals surface area contributed by atoms with Gasteiger partial charge in [-0.05, 0) is 36.4 Å². The lowest BCUT2D eigenvalue weighted by Gasteiger charge is -2.09. The van der Waals surface area contributed by atoms with Gasteiger partial charge in [-0.15, -0.1) is 13.2 Å². The molecule has 0 N–H and O–H groups in total. The van der Waals surface area contributed by atoms with Crippen molar-refractivity contribution in [3.63, 3.8) is 0 Å². The molecule has 138 valence electrons. The van der Waals surface area contributed by atoms with E-state index in [1.807, 2.05) is 0 Å². The summed E-state index contributed by atoms with van der Waals surface area (Å²) in [7, 11) is 0. The molecule has 0 saturated heterocycles. The SMILES string of the molecule is C=CCOc1ccc(OC(=O)c2ccc(COC(F)(F)F)c(F)c2)cc1. The van der Waals surface area contributed by atoms with Crippen molar-refractivity contribution in [1.82, 2.24) is 0 Å². The van der Waals surface area contributed by atoms with E-state index in [-0.39, 0.29) is 16.9 Å². The van der Waals surface area contributed by atoms with Gasteiger partial charge < -0.3 is 9.47 Å². The number of hydrogen-bond acceptors (Lipinski definition) is 4. The van der Waals surface area contributed by atoms with Crippen LogP contribution in [0.5, 0.6) is 11.5 Å². The summed E-state index contributed by atoms with van der Waals surface area (Å²) in [5.74, 6) is -1.11. The molecule has 2 aromatic carbocycles. The summed E-state index contributed by atoms with van der Waals surface area (Å²) in [6.07, 6.45) is -3.29. The number of halogens is 4. The van der Waals surface area contributed by atoms with Gasteiger partial charge in [0.1, 0.15) is 23.9 Å². The van der Waals surface area contributed by atoms with Gasteiger partial charge in [0.05, 0.1) is 12.2 Å². The lowest BCUT2D eigenvalue weighted by molar-refractivity contribution is -0.330. The van der Waals surface area contributed by atoms with Crippen molar-refractivity contribution in [3.05, 3.63) is 72.1 Å². The molecular weight excluding hydrogens is 356 g/mol. The first-order valence-corrected chi connectivity index (χ1v) is 7.33. The van der Waals surface area contributed by atoms with Crippen molar-refractivity contribution in [2.75, 3.05) is 6.61 Å². The van der Waals surface area contributed by atoms with Crippen LogP contribution in [-0.2, 0) is 11.3 Å².